The third kappa shape index (κ3) is 2.08. The molecule has 2 aromatic rings. The summed E-state index contributed by atoms with van der Waals surface area (Å²) in [5.41, 5.74) is -0.458. The van der Waals surface area contributed by atoms with Gasteiger partial charge in [-0.1, -0.05) is 42.0 Å². The van der Waals surface area contributed by atoms with E-state index in [0.717, 1.165) is 5.56 Å². The van der Waals surface area contributed by atoms with E-state index in [4.69, 9.17) is 4.74 Å². The lowest BCUT2D eigenvalue weighted by Gasteiger charge is -2.21. The maximum atomic E-state index is 13.1. The highest BCUT2D eigenvalue weighted by atomic mass is 16.6. The monoisotopic (exact) mass is 376 g/mol. The molecule has 1 saturated heterocycles. The van der Waals surface area contributed by atoms with Gasteiger partial charge in [-0.2, -0.15) is 0 Å². The first-order chi connectivity index (χ1) is 13.2. The first-order valence-corrected chi connectivity index (χ1v) is 8.68. The number of aryl methyl sites for hydroxylation is 3. The predicted octanol–water partition coefficient (Wildman–Crippen LogP) is 2.82. The van der Waals surface area contributed by atoms with Gasteiger partial charge in [0, 0.05) is 16.7 Å². The molecule has 2 aromatic carbocycles. The van der Waals surface area contributed by atoms with Gasteiger partial charge in [0.25, 0.3) is 11.4 Å². The van der Waals surface area contributed by atoms with Crippen LogP contribution in [-0.2, 0) is 14.3 Å². The van der Waals surface area contributed by atoms with Crippen molar-refractivity contribution in [2.45, 2.75) is 26.4 Å². The van der Waals surface area contributed by atoms with E-state index < -0.39 is 40.3 Å². The highest BCUT2D eigenvalue weighted by molar-refractivity contribution is 6.52. The molecule has 1 N–H and O–H groups in total. The lowest BCUT2D eigenvalue weighted by Crippen LogP contribution is -2.43. The van der Waals surface area contributed by atoms with Crippen molar-refractivity contribution in [1.82, 2.24) is 0 Å². The van der Waals surface area contributed by atoms with Gasteiger partial charge < -0.3 is 9.84 Å². The number of benzene rings is 2. The third-order valence-corrected chi connectivity index (χ3v) is 5.22. The molecular weight excluding hydrogens is 360 g/mol. The average Bonchev–Trinajstić information content (AvgIpc) is 3.01. The van der Waals surface area contributed by atoms with Gasteiger partial charge in [-0.3, -0.25) is 14.4 Å². The highest BCUT2D eigenvalue weighted by Crippen LogP contribution is 2.45. The van der Waals surface area contributed by atoms with Gasteiger partial charge in [0.2, 0.25) is 11.6 Å². The second-order valence-corrected chi connectivity index (χ2v) is 7.10. The van der Waals surface area contributed by atoms with E-state index in [1.54, 1.807) is 38.1 Å². The number of aliphatic hydroxyl groups excluding tert-OH is 1. The zero-order chi connectivity index (χ0) is 20.4. The number of ketones is 3. The van der Waals surface area contributed by atoms with Gasteiger partial charge in [0.1, 0.15) is 11.3 Å². The van der Waals surface area contributed by atoms with E-state index in [-0.39, 0.29) is 11.1 Å². The average molecular weight is 376 g/mol. The highest BCUT2D eigenvalue weighted by Gasteiger charge is 2.67. The standard InChI is InChI=1S/C22H16O6/c1-10-8-11(2)15(12(3)9-10)17(23)16-18(24)21(27)28-22(16)19(25)13-6-4-5-7-14(13)20(22)26/h4-9,23H,1-3H3/b17-16-. The first-order valence-electron chi connectivity index (χ1n) is 8.68. The van der Waals surface area contributed by atoms with Crippen molar-refractivity contribution in [3.63, 3.8) is 0 Å². The van der Waals surface area contributed by atoms with E-state index >= 15 is 0 Å². The summed E-state index contributed by atoms with van der Waals surface area (Å²) in [4.78, 5) is 50.9. The summed E-state index contributed by atoms with van der Waals surface area (Å²) in [6.07, 6.45) is 0. The molecule has 0 atom stereocenters. The quantitative estimate of drug-likeness (QED) is 0.270. The van der Waals surface area contributed by atoms with Crippen LogP contribution in [0.3, 0.4) is 0 Å². The Balaban J connectivity index is 2.05. The normalized spacial score (nSPS) is 19.2. The number of carbonyl (C=O) groups is 4. The molecule has 0 unspecified atom stereocenters. The summed E-state index contributed by atoms with van der Waals surface area (Å²) < 4.78 is 5.08. The van der Waals surface area contributed by atoms with Gasteiger partial charge in [0.05, 0.1) is 0 Å². The van der Waals surface area contributed by atoms with Crippen LogP contribution in [0, 0.1) is 20.8 Å². The number of hydrogen-bond acceptors (Lipinski definition) is 6. The first kappa shape index (κ1) is 17.9. The van der Waals surface area contributed by atoms with Crippen LogP contribution >= 0.6 is 0 Å². The maximum absolute atomic E-state index is 13.1. The fourth-order valence-electron chi connectivity index (χ4n) is 4.13. The molecule has 1 heterocycles. The number of carbonyl (C=O) groups excluding carboxylic acids is 4. The van der Waals surface area contributed by atoms with Gasteiger partial charge >= 0.3 is 5.97 Å². The summed E-state index contributed by atoms with van der Waals surface area (Å²) >= 11 is 0. The molecule has 0 saturated carbocycles. The van der Waals surface area contributed by atoms with Crippen LogP contribution in [0.5, 0.6) is 0 Å². The Labute approximate surface area is 160 Å². The Kier molecular flexibility index (Phi) is 3.65. The zero-order valence-electron chi connectivity index (χ0n) is 15.5. The molecule has 140 valence electrons. The number of rotatable bonds is 1. The molecule has 0 bridgehead atoms. The Morgan fingerprint density at radius 3 is 1.89 bits per heavy atom. The second-order valence-electron chi connectivity index (χ2n) is 7.10. The molecule has 0 aromatic heterocycles. The fraction of sp³-hybridized carbons (Fsp3) is 0.182. The lowest BCUT2D eigenvalue weighted by molar-refractivity contribution is -0.149. The van der Waals surface area contributed by atoms with Crippen LogP contribution in [-0.4, -0.2) is 34.0 Å². The van der Waals surface area contributed by atoms with Crippen LogP contribution in [0.15, 0.2) is 42.0 Å². The van der Waals surface area contributed by atoms with E-state index in [0.29, 0.717) is 16.7 Å². The molecule has 2 aliphatic rings. The molecule has 1 fully saturated rings. The number of esters is 1. The van der Waals surface area contributed by atoms with Crippen LogP contribution in [0.2, 0.25) is 0 Å². The molecule has 1 aliphatic heterocycles. The smallest absolute Gasteiger partial charge is 0.381 e. The van der Waals surface area contributed by atoms with E-state index in [1.165, 1.54) is 12.1 Å². The Bertz CT molecular complexity index is 1090. The summed E-state index contributed by atoms with van der Waals surface area (Å²) in [6, 6.07) is 9.58. The van der Waals surface area contributed by atoms with Gasteiger partial charge in [-0.15, -0.1) is 0 Å². The van der Waals surface area contributed by atoms with Crippen molar-refractivity contribution in [2.24, 2.45) is 0 Å². The number of ether oxygens (including phenoxy) is 1. The summed E-state index contributed by atoms with van der Waals surface area (Å²) in [6.45, 7) is 5.34. The zero-order valence-corrected chi connectivity index (χ0v) is 15.5. The number of Topliss-reactive ketones (excluding diaryl/α,β-unsaturated/α-hetero) is 3. The van der Waals surface area contributed by atoms with Crippen molar-refractivity contribution in [3.05, 3.63) is 75.4 Å². The van der Waals surface area contributed by atoms with Crippen LogP contribution < -0.4 is 0 Å². The maximum Gasteiger partial charge on any atom is 0.381 e. The van der Waals surface area contributed by atoms with Crippen molar-refractivity contribution >= 4 is 29.1 Å². The molecule has 6 heteroatoms. The van der Waals surface area contributed by atoms with Crippen LogP contribution in [0.25, 0.3) is 5.76 Å². The minimum atomic E-state index is -2.47. The van der Waals surface area contributed by atoms with Crippen molar-refractivity contribution in [3.8, 4) is 0 Å². The number of aliphatic hydroxyl groups is 1. The number of fused-ring (bicyclic) bond motifs is 1. The molecule has 6 nitrogen and oxygen atoms in total. The largest absolute Gasteiger partial charge is 0.507 e. The van der Waals surface area contributed by atoms with E-state index in [9.17, 15) is 24.3 Å². The van der Waals surface area contributed by atoms with Crippen LogP contribution in [0.1, 0.15) is 43.0 Å². The van der Waals surface area contributed by atoms with E-state index in [1.807, 2.05) is 6.92 Å². The molecule has 1 aliphatic carbocycles. The minimum absolute atomic E-state index is 0.0534. The van der Waals surface area contributed by atoms with Crippen molar-refractivity contribution in [2.75, 3.05) is 0 Å². The molecular formula is C22H16O6. The molecule has 1 spiro atoms. The predicted molar refractivity (Wildman–Crippen MR) is 99.1 cm³/mol. The molecule has 28 heavy (non-hydrogen) atoms. The van der Waals surface area contributed by atoms with E-state index in [2.05, 4.69) is 0 Å². The lowest BCUT2D eigenvalue weighted by atomic mass is 9.84. The van der Waals surface area contributed by atoms with Gasteiger partial charge in [0.15, 0.2) is 0 Å². The molecule has 4 rings (SSSR count). The summed E-state index contributed by atoms with van der Waals surface area (Å²) in [5, 5.41) is 11.0. The van der Waals surface area contributed by atoms with Gasteiger partial charge in [-0.05, 0) is 31.9 Å². The Hall–Kier alpha value is -3.54. The molecule has 0 radical (unpaired) electrons. The Morgan fingerprint density at radius 1 is 0.893 bits per heavy atom. The summed E-state index contributed by atoms with van der Waals surface area (Å²) in [5.74, 6) is -4.75. The summed E-state index contributed by atoms with van der Waals surface area (Å²) in [7, 11) is 0. The Morgan fingerprint density at radius 2 is 1.39 bits per heavy atom. The van der Waals surface area contributed by atoms with Crippen molar-refractivity contribution < 1.29 is 29.0 Å². The van der Waals surface area contributed by atoms with Gasteiger partial charge in [-0.25, -0.2) is 4.79 Å². The fourth-order valence-corrected chi connectivity index (χ4v) is 4.13. The van der Waals surface area contributed by atoms with Crippen LogP contribution in [0.4, 0.5) is 0 Å². The minimum Gasteiger partial charge on any atom is -0.507 e. The number of hydrogen-bond donors (Lipinski definition) is 1. The SMILES string of the molecule is Cc1cc(C)c(/C(O)=C2\C(=O)C(=O)OC23C(=O)c2ccccc2C3=O)c(C)c1. The molecule has 0 amide bonds. The van der Waals surface area contributed by atoms with Crippen molar-refractivity contribution in [1.29, 1.82) is 0 Å². The third-order valence-electron chi connectivity index (χ3n) is 5.22. The second kappa shape index (κ2) is 5.73. The topological polar surface area (TPSA) is 97.7 Å².